The zero-order valence-corrected chi connectivity index (χ0v) is 16.8. The first-order chi connectivity index (χ1) is 12.1. The van der Waals surface area contributed by atoms with Crippen LogP contribution in [-0.4, -0.2) is 52.9 Å². The quantitative estimate of drug-likeness (QED) is 0.617. The largest absolute Gasteiger partial charge is 0.309 e. The summed E-state index contributed by atoms with van der Waals surface area (Å²) in [6, 6.07) is 5.63. The van der Waals surface area contributed by atoms with E-state index in [1.54, 1.807) is 17.2 Å². The van der Waals surface area contributed by atoms with E-state index in [4.69, 9.17) is 11.6 Å². The Hall–Kier alpha value is -1.80. The highest BCUT2D eigenvalue weighted by molar-refractivity contribution is 7.22. The van der Waals surface area contributed by atoms with Crippen LogP contribution in [0, 0.1) is 0 Å². The number of para-hydroxylation sites is 1. The molecular formula is C17H19Cl2N5OS. The van der Waals surface area contributed by atoms with Gasteiger partial charge in [0.1, 0.15) is 11.2 Å². The third kappa shape index (κ3) is 4.67. The Morgan fingerprint density at radius 1 is 1.23 bits per heavy atom. The number of carbonyl (C=O) groups is 1. The first-order valence-electron chi connectivity index (χ1n) is 7.84. The van der Waals surface area contributed by atoms with Gasteiger partial charge in [-0.05, 0) is 39.2 Å². The minimum atomic E-state index is -0.206. The lowest BCUT2D eigenvalue weighted by Crippen LogP contribution is -2.34. The fourth-order valence-electron chi connectivity index (χ4n) is 2.40. The molecule has 9 heteroatoms. The molecule has 0 saturated carbocycles. The Morgan fingerprint density at radius 2 is 2.04 bits per heavy atom. The average Bonchev–Trinajstić information content (AvgIpc) is 3.04. The third-order valence-electron chi connectivity index (χ3n) is 3.60. The zero-order valence-electron chi connectivity index (χ0n) is 14.4. The predicted molar refractivity (Wildman–Crippen MR) is 109 cm³/mol. The molecule has 0 radical (unpaired) electrons. The Balaban J connectivity index is 0.00000243. The Kier molecular flexibility index (Phi) is 7.28. The summed E-state index contributed by atoms with van der Waals surface area (Å²) in [7, 11) is 4.01. The van der Waals surface area contributed by atoms with Crippen molar-refractivity contribution in [1.29, 1.82) is 0 Å². The molecule has 1 amide bonds. The molecule has 0 spiro atoms. The summed E-state index contributed by atoms with van der Waals surface area (Å²) in [6.07, 6.45) is 5.36. The van der Waals surface area contributed by atoms with E-state index in [0.29, 0.717) is 27.9 Å². The van der Waals surface area contributed by atoms with Crippen molar-refractivity contribution in [3.8, 4) is 0 Å². The molecule has 0 atom stereocenters. The van der Waals surface area contributed by atoms with E-state index in [9.17, 15) is 4.79 Å². The van der Waals surface area contributed by atoms with Gasteiger partial charge in [-0.3, -0.25) is 14.7 Å². The van der Waals surface area contributed by atoms with Crippen molar-refractivity contribution in [2.45, 2.75) is 6.42 Å². The van der Waals surface area contributed by atoms with E-state index in [1.165, 1.54) is 23.7 Å². The van der Waals surface area contributed by atoms with Crippen molar-refractivity contribution in [3.05, 3.63) is 47.5 Å². The van der Waals surface area contributed by atoms with E-state index >= 15 is 0 Å². The number of hydrogen-bond donors (Lipinski definition) is 0. The molecule has 0 aliphatic carbocycles. The maximum absolute atomic E-state index is 12.9. The fourth-order valence-corrected chi connectivity index (χ4v) is 3.69. The molecule has 0 unspecified atom stereocenters. The van der Waals surface area contributed by atoms with Crippen LogP contribution in [0.15, 0.2) is 36.8 Å². The summed E-state index contributed by atoms with van der Waals surface area (Å²) in [5.74, 6) is -0.206. The summed E-state index contributed by atoms with van der Waals surface area (Å²) < 4.78 is 0.951. The van der Waals surface area contributed by atoms with E-state index < -0.39 is 0 Å². The van der Waals surface area contributed by atoms with Gasteiger partial charge in [-0.25, -0.2) is 9.97 Å². The van der Waals surface area contributed by atoms with Crippen LogP contribution in [-0.2, 0) is 0 Å². The maximum Gasteiger partial charge on any atom is 0.280 e. The number of halogens is 2. The van der Waals surface area contributed by atoms with Crippen LogP contribution in [0.3, 0.4) is 0 Å². The van der Waals surface area contributed by atoms with Gasteiger partial charge >= 0.3 is 0 Å². The van der Waals surface area contributed by atoms with Crippen LogP contribution in [0.1, 0.15) is 16.9 Å². The highest BCUT2D eigenvalue weighted by atomic mass is 35.5. The molecule has 138 valence electrons. The lowest BCUT2D eigenvalue weighted by Gasteiger charge is -2.20. The highest BCUT2D eigenvalue weighted by Gasteiger charge is 2.22. The summed E-state index contributed by atoms with van der Waals surface area (Å²) in [6.45, 7) is 1.42. The van der Waals surface area contributed by atoms with E-state index in [1.807, 2.05) is 26.2 Å². The first kappa shape index (κ1) is 20.5. The molecule has 3 aromatic rings. The van der Waals surface area contributed by atoms with Gasteiger partial charge in [0, 0.05) is 18.9 Å². The van der Waals surface area contributed by atoms with Gasteiger partial charge in [0.2, 0.25) is 0 Å². The topological polar surface area (TPSA) is 62.2 Å². The molecule has 0 fully saturated rings. The van der Waals surface area contributed by atoms with Gasteiger partial charge in [0.05, 0.1) is 15.9 Å². The number of amides is 1. The molecule has 1 aromatic carbocycles. The molecule has 0 aliphatic rings. The third-order valence-corrected chi connectivity index (χ3v) is 4.95. The second kappa shape index (κ2) is 9.23. The first-order valence-corrected chi connectivity index (χ1v) is 9.03. The van der Waals surface area contributed by atoms with Crippen LogP contribution in [0.5, 0.6) is 0 Å². The summed E-state index contributed by atoms with van der Waals surface area (Å²) >= 11 is 7.68. The summed E-state index contributed by atoms with van der Waals surface area (Å²) in [5.41, 5.74) is 1.02. The van der Waals surface area contributed by atoms with E-state index in [2.05, 4.69) is 19.9 Å². The lowest BCUT2D eigenvalue weighted by atomic mass is 10.3. The van der Waals surface area contributed by atoms with Gasteiger partial charge in [0.25, 0.3) is 5.91 Å². The number of hydrogen-bond acceptors (Lipinski definition) is 6. The molecule has 0 aliphatic heterocycles. The molecule has 0 bridgehead atoms. The van der Waals surface area contributed by atoms with Crippen molar-refractivity contribution in [2.75, 3.05) is 32.1 Å². The average molecular weight is 412 g/mol. The van der Waals surface area contributed by atoms with Crippen molar-refractivity contribution in [3.63, 3.8) is 0 Å². The van der Waals surface area contributed by atoms with E-state index in [-0.39, 0.29) is 18.3 Å². The van der Waals surface area contributed by atoms with Crippen molar-refractivity contribution in [1.82, 2.24) is 19.9 Å². The number of benzene rings is 1. The predicted octanol–water partition coefficient (Wildman–Crippen LogP) is 3.76. The van der Waals surface area contributed by atoms with Crippen molar-refractivity contribution < 1.29 is 4.79 Å². The molecule has 2 aromatic heterocycles. The van der Waals surface area contributed by atoms with Crippen molar-refractivity contribution in [2.24, 2.45) is 0 Å². The molecule has 6 nitrogen and oxygen atoms in total. The standard InChI is InChI=1S/C17H18ClN5OS.ClH/c1-22(2)9-4-10-23(16(24)13-11-19-7-8-20-13)17-21-15-12(18)5-3-6-14(15)25-17;/h3,5-8,11H,4,9-10H2,1-2H3;1H. The van der Waals surface area contributed by atoms with Crippen LogP contribution in [0.2, 0.25) is 5.02 Å². The molecule has 0 N–H and O–H groups in total. The minimum absolute atomic E-state index is 0. The van der Waals surface area contributed by atoms with Gasteiger partial charge < -0.3 is 4.90 Å². The van der Waals surface area contributed by atoms with E-state index in [0.717, 1.165) is 17.7 Å². The second-order valence-corrected chi connectivity index (χ2v) is 7.20. The van der Waals surface area contributed by atoms with Gasteiger partial charge in [-0.2, -0.15) is 0 Å². The molecule has 0 saturated heterocycles. The number of anilines is 1. The number of carbonyl (C=O) groups excluding carboxylic acids is 1. The van der Waals surface area contributed by atoms with Crippen LogP contribution < -0.4 is 4.90 Å². The SMILES string of the molecule is CN(C)CCCN(C(=O)c1cnccn1)c1nc2c(Cl)cccc2s1.Cl. The number of rotatable bonds is 6. The van der Waals surface area contributed by atoms with Gasteiger partial charge in [-0.1, -0.05) is 29.0 Å². The smallest absolute Gasteiger partial charge is 0.280 e. The Morgan fingerprint density at radius 3 is 2.69 bits per heavy atom. The normalized spacial score (nSPS) is 10.8. The molecule has 26 heavy (non-hydrogen) atoms. The summed E-state index contributed by atoms with van der Waals surface area (Å²) in [5, 5.41) is 1.21. The van der Waals surface area contributed by atoms with Gasteiger partial charge in [0.15, 0.2) is 5.13 Å². The second-order valence-electron chi connectivity index (χ2n) is 5.79. The van der Waals surface area contributed by atoms with Crippen LogP contribution in [0.25, 0.3) is 10.2 Å². The highest BCUT2D eigenvalue weighted by Crippen LogP contribution is 2.33. The fraction of sp³-hybridized carbons (Fsp3) is 0.294. The maximum atomic E-state index is 12.9. The van der Waals surface area contributed by atoms with Crippen LogP contribution >= 0.6 is 35.3 Å². The lowest BCUT2D eigenvalue weighted by molar-refractivity contribution is 0.0981. The molecule has 3 rings (SSSR count). The molecular weight excluding hydrogens is 393 g/mol. The van der Waals surface area contributed by atoms with Gasteiger partial charge in [-0.15, -0.1) is 12.4 Å². The molecule has 2 heterocycles. The number of thiazole rings is 1. The van der Waals surface area contributed by atoms with Crippen molar-refractivity contribution >= 4 is 56.6 Å². The number of nitrogens with zero attached hydrogens (tertiary/aromatic N) is 5. The van der Waals surface area contributed by atoms with Crippen LogP contribution in [0.4, 0.5) is 5.13 Å². The Labute approximate surface area is 167 Å². The number of fused-ring (bicyclic) bond motifs is 1. The minimum Gasteiger partial charge on any atom is -0.309 e. The Bertz CT molecular complexity index is 872. The number of aromatic nitrogens is 3. The summed E-state index contributed by atoms with van der Waals surface area (Å²) in [4.78, 5) is 29.4. The monoisotopic (exact) mass is 411 g/mol. The zero-order chi connectivity index (χ0) is 17.8.